The highest BCUT2D eigenvalue weighted by Gasteiger charge is 2.22. The molecule has 7 nitrogen and oxygen atoms in total. The minimum Gasteiger partial charge on any atom is -0.492 e. The van der Waals surface area contributed by atoms with Crippen molar-refractivity contribution in [3.05, 3.63) is 77.7 Å². The second kappa shape index (κ2) is 9.58. The first-order valence-electron chi connectivity index (χ1n) is 10.4. The maximum absolute atomic E-state index is 14.4. The summed E-state index contributed by atoms with van der Waals surface area (Å²) in [7, 11) is -3.73. The van der Waals surface area contributed by atoms with Crippen molar-refractivity contribution >= 4 is 15.9 Å². The van der Waals surface area contributed by atoms with E-state index >= 15 is 0 Å². The number of sulfonamides is 1. The van der Waals surface area contributed by atoms with Gasteiger partial charge in [-0.25, -0.2) is 17.5 Å². The van der Waals surface area contributed by atoms with Crippen molar-refractivity contribution in [2.24, 2.45) is 5.92 Å². The van der Waals surface area contributed by atoms with Gasteiger partial charge >= 0.3 is 0 Å². The lowest BCUT2D eigenvalue weighted by atomic mass is 10.1. The van der Waals surface area contributed by atoms with Gasteiger partial charge < -0.3 is 9.47 Å². The van der Waals surface area contributed by atoms with Gasteiger partial charge in [-0.3, -0.25) is 9.78 Å². The molecule has 33 heavy (non-hydrogen) atoms. The number of aromatic nitrogens is 1. The van der Waals surface area contributed by atoms with E-state index in [1.54, 1.807) is 23.1 Å². The maximum Gasteiger partial charge on any atom is 0.264 e. The Morgan fingerprint density at radius 3 is 2.58 bits per heavy atom. The molecule has 1 aromatic heterocycles. The van der Waals surface area contributed by atoms with Crippen LogP contribution < -0.4 is 14.2 Å². The van der Waals surface area contributed by atoms with Gasteiger partial charge in [0.1, 0.15) is 23.9 Å². The van der Waals surface area contributed by atoms with E-state index in [2.05, 4.69) is 4.98 Å². The van der Waals surface area contributed by atoms with Crippen LogP contribution in [0.4, 0.5) is 4.39 Å². The number of ether oxygens (including phenoxy) is 2. The Morgan fingerprint density at radius 1 is 1.09 bits per heavy atom. The molecule has 1 fully saturated rings. The standard InChI is InChI=1S/C24H23FN2O5S/c1-33(29,30)27-24(28)18-7-8-19(22(25)12-18)15-32-20-4-2-3-17(11-20)23-10-9-21(13-26-23)31-14-16-5-6-16/h2-4,7-13,16H,5-6,14-15H2,1H3,(H,27,28). The predicted octanol–water partition coefficient (Wildman–Crippen LogP) is 3.94. The van der Waals surface area contributed by atoms with Crippen LogP contribution in [-0.4, -0.2) is 32.2 Å². The first-order chi connectivity index (χ1) is 15.8. The lowest BCUT2D eigenvalue weighted by molar-refractivity contribution is 0.0981. The van der Waals surface area contributed by atoms with Gasteiger partial charge in [0.05, 0.1) is 24.8 Å². The Hall–Kier alpha value is -3.46. The summed E-state index contributed by atoms with van der Waals surface area (Å²) < 4.78 is 50.0. The van der Waals surface area contributed by atoms with Gasteiger partial charge in [0.2, 0.25) is 10.0 Å². The van der Waals surface area contributed by atoms with Crippen LogP contribution in [-0.2, 0) is 16.6 Å². The summed E-state index contributed by atoms with van der Waals surface area (Å²) in [5.74, 6) is 0.372. The molecule has 2 aromatic carbocycles. The Bertz CT molecular complexity index is 1260. The third-order valence-electron chi connectivity index (χ3n) is 5.04. The largest absolute Gasteiger partial charge is 0.492 e. The fourth-order valence-corrected chi connectivity index (χ4v) is 3.53. The fraction of sp³-hybridized carbons (Fsp3) is 0.250. The second-order valence-electron chi connectivity index (χ2n) is 7.96. The molecule has 0 atom stereocenters. The van der Waals surface area contributed by atoms with Crippen molar-refractivity contribution in [3.8, 4) is 22.8 Å². The normalized spacial score (nSPS) is 13.4. The van der Waals surface area contributed by atoms with Gasteiger partial charge in [0, 0.05) is 16.7 Å². The number of hydrogen-bond acceptors (Lipinski definition) is 6. The second-order valence-corrected chi connectivity index (χ2v) is 9.71. The minimum atomic E-state index is -3.73. The summed E-state index contributed by atoms with van der Waals surface area (Å²) in [6, 6.07) is 14.7. The van der Waals surface area contributed by atoms with Gasteiger partial charge in [-0.05, 0) is 55.2 Å². The monoisotopic (exact) mass is 470 g/mol. The number of halogens is 1. The topological polar surface area (TPSA) is 94.6 Å². The molecule has 1 N–H and O–H groups in total. The Balaban J connectivity index is 1.39. The molecular weight excluding hydrogens is 447 g/mol. The van der Waals surface area contributed by atoms with E-state index in [9.17, 15) is 17.6 Å². The number of carbonyl (C=O) groups excluding carboxylic acids is 1. The highest BCUT2D eigenvalue weighted by molar-refractivity contribution is 7.89. The van der Waals surface area contributed by atoms with Gasteiger partial charge in [0.15, 0.2) is 0 Å². The quantitative estimate of drug-likeness (QED) is 0.509. The van der Waals surface area contributed by atoms with Crippen LogP contribution in [0, 0.1) is 11.7 Å². The van der Waals surface area contributed by atoms with Gasteiger partial charge in [0.25, 0.3) is 5.91 Å². The van der Waals surface area contributed by atoms with Crippen LogP contribution >= 0.6 is 0 Å². The lowest BCUT2D eigenvalue weighted by Crippen LogP contribution is -2.29. The molecule has 0 aliphatic heterocycles. The number of hydrogen-bond donors (Lipinski definition) is 1. The van der Waals surface area contributed by atoms with Crippen molar-refractivity contribution in [2.45, 2.75) is 19.4 Å². The highest BCUT2D eigenvalue weighted by atomic mass is 32.2. The Morgan fingerprint density at radius 2 is 1.91 bits per heavy atom. The molecule has 0 unspecified atom stereocenters. The summed E-state index contributed by atoms with van der Waals surface area (Å²) in [6.45, 7) is 0.662. The van der Waals surface area contributed by atoms with Gasteiger partial charge in [-0.2, -0.15) is 0 Å². The van der Waals surface area contributed by atoms with Crippen LogP contribution in [0.2, 0.25) is 0 Å². The van der Waals surface area contributed by atoms with E-state index in [0.717, 1.165) is 35.9 Å². The summed E-state index contributed by atoms with van der Waals surface area (Å²) in [5, 5.41) is 0. The van der Waals surface area contributed by atoms with Crippen LogP contribution in [0.1, 0.15) is 28.8 Å². The van der Waals surface area contributed by atoms with Crippen LogP contribution in [0.15, 0.2) is 60.8 Å². The molecule has 172 valence electrons. The van der Waals surface area contributed by atoms with Crippen molar-refractivity contribution in [3.63, 3.8) is 0 Å². The zero-order chi connectivity index (χ0) is 23.4. The summed E-state index contributed by atoms with van der Waals surface area (Å²) in [4.78, 5) is 16.3. The first kappa shape index (κ1) is 22.7. The molecule has 4 rings (SSSR count). The van der Waals surface area contributed by atoms with Crippen LogP contribution in [0.5, 0.6) is 11.5 Å². The zero-order valence-corrected chi connectivity index (χ0v) is 18.8. The number of rotatable bonds is 9. The van der Waals surface area contributed by atoms with Crippen LogP contribution in [0.3, 0.4) is 0 Å². The first-order valence-corrected chi connectivity index (χ1v) is 12.3. The maximum atomic E-state index is 14.4. The third-order valence-corrected chi connectivity index (χ3v) is 5.59. The average molecular weight is 471 g/mol. The lowest BCUT2D eigenvalue weighted by Gasteiger charge is -2.10. The number of pyridine rings is 1. The third kappa shape index (κ3) is 6.52. The van der Waals surface area contributed by atoms with E-state index in [1.807, 2.05) is 24.3 Å². The Labute approximate surface area is 191 Å². The molecule has 3 aromatic rings. The SMILES string of the molecule is CS(=O)(=O)NC(=O)c1ccc(COc2cccc(-c3ccc(OCC4CC4)cn3)c2)c(F)c1. The molecule has 1 amide bonds. The molecule has 0 spiro atoms. The van der Waals surface area contributed by atoms with E-state index < -0.39 is 21.7 Å². The van der Waals surface area contributed by atoms with Gasteiger partial charge in [-0.1, -0.05) is 18.2 Å². The predicted molar refractivity (Wildman–Crippen MR) is 121 cm³/mol. The highest BCUT2D eigenvalue weighted by Crippen LogP contribution is 2.30. The zero-order valence-electron chi connectivity index (χ0n) is 18.0. The van der Waals surface area contributed by atoms with Gasteiger partial charge in [-0.15, -0.1) is 0 Å². The van der Waals surface area contributed by atoms with E-state index in [-0.39, 0.29) is 17.7 Å². The molecule has 1 heterocycles. The van der Waals surface area contributed by atoms with Crippen molar-refractivity contribution < 1.29 is 27.1 Å². The molecule has 0 saturated heterocycles. The number of nitrogens with one attached hydrogen (secondary N) is 1. The molecular formula is C24H23FN2O5S. The molecule has 1 aliphatic carbocycles. The number of carbonyl (C=O) groups is 1. The molecule has 0 radical (unpaired) electrons. The summed E-state index contributed by atoms with van der Waals surface area (Å²) >= 11 is 0. The number of benzene rings is 2. The smallest absolute Gasteiger partial charge is 0.264 e. The van der Waals surface area contributed by atoms with Crippen LogP contribution in [0.25, 0.3) is 11.3 Å². The number of amides is 1. The minimum absolute atomic E-state index is 0.0648. The van der Waals surface area contributed by atoms with E-state index in [4.69, 9.17) is 9.47 Å². The van der Waals surface area contributed by atoms with Crippen molar-refractivity contribution in [1.29, 1.82) is 0 Å². The summed E-state index contributed by atoms with van der Waals surface area (Å²) in [6.07, 6.45) is 5.00. The summed E-state index contributed by atoms with van der Waals surface area (Å²) in [5.41, 5.74) is 1.73. The average Bonchev–Trinajstić information content (AvgIpc) is 3.61. The van der Waals surface area contributed by atoms with Crippen molar-refractivity contribution in [1.82, 2.24) is 9.71 Å². The van der Waals surface area contributed by atoms with E-state index in [1.165, 1.54) is 25.0 Å². The molecule has 1 saturated carbocycles. The fourth-order valence-electron chi connectivity index (χ4n) is 3.07. The molecule has 1 aliphatic rings. The number of nitrogens with zero attached hydrogens (tertiary/aromatic N) is 1. The van der Waals surface area contributed by atoms with E-state index in [0.29, 0.717) is 11.7 Å². The molecule has 0 bridgehead atoms. The Kier molecular flexibility index (Phi) is 6.60. The van der Waals surface area contributed by atoms with Crippen molar-refractivity contribution in [2.75, 3.05) is 12.9 Å². The molecule has 9 heteroatoms.